The first kappa shape index (κ1) is 12.7. The van der Waals surface area contributed by atoms with Gasteiger partial charge in [-0.05, 0) is 30.7 Å². The van der Waals surface area contributed by atoms with Crippen LogP contribution in [0.15, 0.2) is 35.1 Å². The minimum absolute atomic E-state index is 0.641. The zero-order chi connectivity index (χ0) is 13.0. The van der Waals surface area contributed by atoms with Gasteiger partial charge in [-0.25, -0.2) is 0 Å². The minimum atomic E-state index is 0.641. The Hall–Kier alpha value is -1.80. The Morgan fingerprint density at radius 3 is 2.94 bits per heavy atom. The lowest BCUT2D eigenvalue weighted by atomic mass is 10.2. The van der Waals surface area contributed by atoms with Gasteiger partial charge >= 0.3 is 0 Å². The molecule has 1 aromatic carbocycles. The van der Waals surface area contributed by atoms with Crippen molar-refractivity contribution >= 4 is 21.6 Å². The van der Waals surface area contributed by atoms with Crippen molar-refractivity contribution in [3.63, 3.8) is 0 Å². The van der Waals surface area contributed by atoms with Crippen molar-refractivity contribution in [1.29, 1.82) is 5.26 Å². The smallest absolute Gasteiger partial charge is 0.0992 e. The number of aryl methyl sites for hydroxylation is 1. The fraction of sp³-hybridized carbons (Fsp3) is 0.231. The number of hydrogen-bond acceptors (Lipinski definition) is 3. The van der Waals surface area contributed by atoms with Gasteiger partial charge in [0.15, 0.2) is 0 Å². The molecule has 0 aliphatic carbocycles. The van der Waals surface area contributed by atoms with E-state index in [-0.39, 0.29) is 0 Å². The van der Waals surface area contributed by atoms with Crippen LogP contribution < -0.4 is 5.32 Å². The van der Waals surface area contributed by atoms with Crippen LogP contribution in [0.1, 0.15) is 11.1 Å². The first-order valence-corrected chi connectivity index (χ1v) is 6.40. The number of benzene rings is 1. The standard InChI is InChI=1S/C13H13BrN4/c1-10-8-17-18(9-10)3-2-16-13-5-11(7-15)4-12(14)6-13/h4-6,8-9,16H,2-3H2,1H3. The van der Waals surface area contributed by atoms with Crippen molar-refractivity contribution in [2.45, 2.75) is 13.5 Å². The maximum Gasteiger partial charge on any atom is 0.0992 e. The molecule has 2 rings (SSSR count). The minimum Gasteiger partial charge on any atom is -0.383 e. The molecule has 5 heteroatoms. The first-order chi connectivity index (χ1) is 8.67. The van der Waals surface area contributed by atoms with E-state index in [1.54, 1.807) is 6.07 Å². The van der Waals surface area contributed by atoms with Gasteiger partial charge in [0.1, 0.15) is 0 Å². The first-order valence-electron chi connectivity index (χ1n) is 5.61. The van der Waals surface area contributed by atoms with Crippen LogP contribution in [-0.2, 0) is 6.54 Å². The van der Waals surface area contributed by atoms with Gasteiger partial charge in [-0.1, -0.05) is 15.9 Å². The maximum absolute atomic E-state index is 8.88. The normalized spacial score (nSPS) is 10.1. The second kappa shape index (κ2) is 5.69. The van der Waals surface area contributed by atoms with Crippen LogP contribution in [-0.4, -0.2) is 16.3 Å². The van der Waals surface area contributed by atoms with E-state index in [1.165, 1.54) is 0 Å². The lowest BCUT2D eigenvalue weighted by Crippen LogP contribution is -2.10. The number of aromatic nitrogens is 2. The molecule has 1 N–H and O–H groups in total. The average Bonchev–Trinajstić information content (AvgIpc) is 2.74. The Balaban J connectivity index is 1.94. The molecule has 0 saturated heterocycles. The van der Waals surface area contributed by atoms with Crippen LogP contribution in [0.2, 0.25) is 0 Å². The Morgan fingerprint density at radius 2 is 2.28 bits per heavy atom. The Kier molecular flexibility index (Phi) is 4.00. The molecular formula is C13H13BrN4. The van der Waals surface area contributed by atoms with Crippen molar-refractivity contribution in [3.8, 4) is 6.07 Å². The summed E-state index contributed by atoms with van der Waals surface area (Å²) in [7, 11) is 0. The third kappa shape index (κ3) is 3.34. The van der Waals surface area contributed by atoms with Crippen molar-refractivity contribution < 1.29 is 0 Å². The molecule has 0 atom stereocenters. The van der Waals surface area contributed by atoms with Crippen LogP contribution in [0, 0.1) is 18.3 Å². The molecule has 1 aromatic heterocycles. The van der Waals surface area contributed by atoms with Crippen LogP contribution in [0.25, 0.3) is 0 Å². The zero-order valence-electron chi connectivity index (χ0n) is 10.0. The highest BCUT2D eigenvalue weighted by Crippen LogP contribution is 2.18. The van der Waals surface area contributed by atoms with Gasteiger partial charge < -0.3 is 5.32 Å². The van der Waals surface area contributed by atoms with Crippen LogP contribution in [0.3, 0.4) is 0 Å². The molecule has 0 bridgehead atoms. The zero-order valence-corrected chi connectivity index (χ0v) is 11.6. The number of halogens is 1. The van der Waals surface area contributed by atoms with Gasteiger partial charge in [-0.15, -0.1) is 0 Å². The van der Waals surface area contributed by atoms with Gasteiger partial charge in [-0.3, -0.25) is 4.68 Å². The molecule has 0 aliphatic rings. The van der Waals surface area contributed by atoms with Crippen molar-refractivity contribution in [2.75, 3.05) is 11.9 Å². The highest BCUT2D eigenvalue weighted by molar-refractivity contribution is 9.10. The molecule has 92 valence electrons. The van der Waals surface area contributed by atoms with Crippen molar-refractivity contribution in [3.05, 3.63) is 46.2 Å². The van der Waals surface area contributed by atoms with Crippen LogP contribution >= 0.6 is 15.9 Å². The molecule has 0 saturated carbocycles. The van der Waals surface area contributed by atoms with Crippen molar-refractivity contribution in [2.24, 2.45) is 0 Å². The van der Waals surface area contributed by atoms with Gasteiger partial charge in [0.25, 0.3) is 0 Å². The second-order valence-electron chi connectivity index (χ2n) is 4.05. The van der Waals surface area contributed by atoms with E-state index < -0.39 is 0 Å². The Morgan fingerprint density at radius 1 is 1.44 bits per heavy atom. The van der Waals surface area contributed by atoms with Crippen LogP contribution in [0.4, 0.5) is 5.69 Å². The molecule has 0 radical (unpaired) electrons. The SMILES string of the molecule is Cc1cnn(CCNc2cc(Br)cc(C#N)c2)c1. The average molecular weight is 305 g/mol. The van der Waals surface area contributed by atoms with E-state index >= 15 is 0 Å². The second-order valence-corrected chi connectivity index (χ2v) is 4.96. The van der Waals surface area contributed by atoms with E-state index in [2.05, 4.69) is 32.4 Å². The summed E-state index contributed by atoms with van der Waals surface area (Å²) in [4.78, 5) is 0. The highest BCUT2D eigenvalue weighted by Gasteiger charge is 1.99. The molecule has 1 heterocycles. The molecule has 0 amide bonds. The maximum atomic E-state index is 8.88. The Bertz CT molecular complexity index is 583. The molecule has 0 unspecified atom stereocenters. The molecule has 4 nitrogen and oxygen atoms in total. The number of nitrogens with one attached hydrogen (secondary N) is 1. The van der Waals surface area contributed by atoms with Crippen molar-refractivity contribution in [1.82, 2.24) is 9.78 Å². The van der Waals surface area contributed by atoms with Gasteiger partial charge in [-0.2, -0.15) is 10.4 Å². The molecule has 0 aliphatic heterocycles. The molecular weight excluding hydrogens is 292 g/mol. The van der Waals surface area contributed by atoms with E-state index in [1.807, 2.05) is 36.1 Å². The number of rotatable bonds is 4. The summed E-state index contributed by atoms with van der Waals surface area (Å²) in [5.41, 5.74) is 2.73. The monoisotopic (exact) mass is 304 g/mol. The lowest BCUT2D eigenvalue weighted by molar-refractivity contribution is 0.637. The number of anilines is 1. The fourth-order valence-corrected chi connectivity index (χ4v) is 2.15. The summed E-state index contributed by atoms with van der Waals surface area (Å²) >= 11 is 3.39. The fourth-order valence-electron chi connectivity index (χ4n) is 1.66. The predicted octanol–water partition coefficient (Wildman–Crippen LogP) is 2.94. The molecule has 2 aromatic rings. The van der Waals surface area contributed by atoms with E-state index in [4.69, 9.17) is 5.26 Å². The van der Waals surface area contributed by atoms with E-state index in [0.717, 1.165) is 28.8 Å². The predicted molar refractivity (Wildman–Crippen MR) is 74.3 cm³/mol. The summed E-state index contributed by atoms with van der Waals surface area (Å²) < 4.78 is 2.80. The largest absolute Gasteiger partial charge is 0.383 e. The lowest BCUT2D eigenvalue weighted by Gasteiger charge is -2.07. The molecule has 0 spiro atoms. The van der Waals surface area contributed by atoms with E-state index in [0.29, 0.717) is 5.56 Å². The third-order valence-electron chi connectivity index (χ3n) is 2.46. The highest BCUT2D eigenvalue weighted by atomic mass is 79.9. The number of nitrogens with zero attached hydrogens (tertiary/aromatic N) is 3. The summed E-state index contributed by atoms with van der Waals surface area (Å²) in [6.45, 7) is 3.58. The number of hydrogen-bond donors (Lipinski definition) is 1. The van der Waals surface area contributed by atoms with E-state index in [9.17, 15) is 0 Å². The quantitative estimate of drug-likeness (QED) is 0.945. The molecule has 0 fully saturated rings. The third-order valence-corrected chi connectivity index (χ3v) is 2.92. The van der Waals surface area contributed by atoms with Gasteiger partial charge in [0.2, 0.25) is 0 Å². The van der Waals surface area contributed by atoms with Crippen LogP contribution in [0.5, 0.6) is 0 Å². The summed E-state index contributed by atoms with van der Waals surface area (Å²) in [6, 6.07) is 7.71. The summed E-state index contributed by atoms with van der Waals surface area (Å²) in [5.74, 6) is 0. The molecule has 18 heavy (non-hydrogen) atoms. The van der Waals surface area contributed by atoms with Gasteiger partial charge in [0.05, 0.1) is 24.4 Å². The topological polar surface area (TPSA) is 53.6 Å². The Labute approximate surface area is 114 Å². The van der Waals surface area contributed by atoms with Gasteiger partial charge in [0, 0.05) is 22.9 Å². The number of nitriles is 1. The summed E-state index contributed by atoms with van der Waals surface area (Å²) in [6.07, 6.45) is 3.84. The summed E-state index contributed by atoms with van der Waals surface area (Å²) in [5, 5.41) is 16.4.